The van der Waals surface area contributed by atoms with Crippen LogP contribution in [0.25, 0.3) is 0 Å². The fourth-order valence-corrected chi connectivity index (χ4v) is 2.66. The molecule has 0 aliphatic heterocycles. The number of hydrogen-bond donors (Lipinski definition) is 2. The quantitative estimate of drug-likeness (QED) is 0.840. The molecule has 0 bridgehead atoms. The molecule has 1 fully saturated rings. The van der Waals surface area contributed by atoms with Crippen LogP contribution in [0.5, 0.6) is 0 Å². The maximum atomic E-state index is 12.0. The average Bonchev–Trinajstić information content (AvgIpc) is 2.45. The Hall–Kier alpha value is -1.68. The second-order valence-electron chi connectivity index (χ2n) is 6.50. The highest BCUT2D eigenvalue weighted by atomic mass is 16.3. The van der Waals surface area contributed by atoms with E-state index in [0.29, 0.717) is 19.4 Å². The first kappa shape index (κ1) is 15.7. The van der Waals surface area contributed by atoms with Gasteiger partial charge in [-0.2, -0.15) is 0 Å². The van der Waals surface area contributed by atoms with Crippen molar-refractivity contribution < 1.29 is 14.7 Å². The largest absolute Gasteiger partial charge is 0.396 e. The Morgan fingerprint density at radius 3 is 2.48 bits per heavy atom. The Bertz CT molecular complexity index is 502. The molecule has 4 nitrogen and oxygen atoms in total. The number of aliphatic hydroxyl groups excluding tert-OH is 1. The van der Waals surface area contributed by atoms with Crippen LogP contribution in [0.4, 0.5) is 0 Å². The molecule has 1 aliphatic carbocycles. The number of carbonyl (C=O) groups excluding carboxylic acids is 2. The topological polar surface area (TPSA) is 66.4 Å². The number of amides is 1. The second kappa shape index (κ2) is 6.39. The van der Waals surface area contributed by atoms with Crippen LogP contribution in [-0.2, 0) is 9.59 Å². The number of carbonyl (C=O) groups is 2. The number of nitrogens with one attached hydrogen (secondary N) is 1. The minimum atomic E-state index is -0.329. The third kappa shape index (κ3) is 3.70. The maximum Gasteiger partial charge on any atom is 0.224 e. The molecule has 0 saturated heterocycles. The summed E-state index contributed by atoms with van der Waals surface area (Å²) in [4.78, 5) is 23.0. The van der Waals surface area contributed by atoms with Gasteiger partial charge in [-0.25, -0.2) is 0 Å². The highest BCUT2D eigenvalue weighted by Crippen LogP contribution is 2.34. The fourth-order valence-electron chi connectivity index (χ4n) is 2.66. The maximum absolute atomic E-state index is 12.0. The van der Waals surface area contributed by atoms with Crippen molar-refractivity contribution in [1.29, 1.82) is 0 Å². The van der Waals surface area contributed by atoms with E-state index in [1.165, 1.54) is 0 Å². The van der Waals surface area contributed by atoms with E-state index in [1.54, 1.807) is 0 Å². The zero-order valence-corrected chi connectivity index (χ0v) is 12.6. The molecule has 21 heavy (non-hydrogen) atoms. The second-order valence-corrected chi connectivity index (χ2v) is 6.50. The van der Waals surface area contributed by atoms with E-state index in [2.05, 4.69) is 5.32 Å². The molecule has 1 saturated carbocycles. The van der Waals surface area contributed by atoms with Crippen molar-refractivity contribution in [3.63, 3.8) is 0 Å². The van der Waals surface area contributed by atoms with E-state index >= 15 is 0 Å². The molecule has 2 rings (SSSR count). The molecule has 4 heteroatoms. The molecule has 1 unspecified atom stereocenters. The first-order valence-corrected chi connectivity index (χ1v) is 7.39. The predicted molar refractivity (Wildman–Crippen MR) is 80.8 cm³/mol. The average molecular weight is 289 g/mol. The van der Waals surface area contributed by atoms with E-state index < -0.39 is 0 Å². The van der Waals surface area contributed by atoms with Crippen molar-refractivity contribution in [1.82, 2.24) is 5.32 Å². The van der Waals surface area contributed by atoms with E-state index in [1.807, 2.05) is 44.2 Å². The molecular weight excluding hydrogens is 266 g/mol. The number of benzene rings is 1. The van der Waals surface area contributed by atoms with Crippen LogP contribution >= 0.6 is 0 Å². The third-order valence-electron chi connectivity index (χ3n) is 4.35. The lowest BCUT2D eigenvalue weighted by atomic mass is 9.75. The number of ketones is 1. The fraction of sp³-hybridized carbons (Fsp3) is 0.529. The smallest absolute Gasteiger partial charge is 0.224 e. The standard InChI is InChI=1S/C17H23NO3/c1-17(2,11-19)15(12-6-4-3-5-7-12)10-18-16(21)13-8-14(20)9-13/h3-7,13,15,19H,8-11H2,1-2H3,(H,18,21). The first-order chi connectivity index (χ1) is 9.94. The highest BCUT2D eigenvalue weighted by molar-refractivity contribution is 5.96. The van der Waals surface area contributed by atoms with Gasteiger partial charge in [-0.15, -0.1) is 0 Å². The summed E-state index contributed by atoms with van der Waals surface area (Å²) in [7, 11) is 0. The molecule has 0 heterocycles. The van der Waals surface area contributed by atoms with Crippen molar-refractivity contribution in [2.75, 3.05) is 13.2 Å². The molecule has 0 spiro atoms. The first-order valence-electron chi connectivity index (χ1n) is 7.39. The molecule has 1 aromatic rings. The summed E-state index contributed by atoms with van der Waals surface area (Å²) >= 11 is 0. The molecule has 1 atom stereocenters. The van der Waals surface area contributed by atoms with Crippen LogP contribution in [0.1, 0.15) is 38.2 Å². The third-order valence-corrected chi connectivity index (χ3v) is 4.35. The molecular formula is C17H23NO3. The summed E-state index contributed by atoms with van der Waals surface area (Å²) in [6.07, 6.45) is 0.733. The van der Waals surface area contributed by atoms with E-state index in [0.717, 1.165) is 5.56 Å². The SMILES string of the molecule is CC(C)(CO)C(CNC(=O)C1CC(=O)C1)c1ccccc1. The summed E-state index contributed by atoms with van der Waals surface area (Å²) in [6, 6.07) is 9.90. The zero-order valence-electron chi connectivity index (χ0n) is 12.6. The zero-order chi connectivity index (χ0) is 15.5. The summed E-state index contributed by atoms with van der Waals surface area (Å²) in [5.41, 5.74) is 0.769. The number of Topliss-reactive ketones (excluding diaryl/α,β-unsaturated/α-hetero) is 1. The summed E-state index contributed by atoms with van der Waals surface area (Å²) in [5, 5.41) is 12.6. The molecule has 1 amide bonds. The lowest BCUT2D eigenvalue weighted by molar-refractivity contribution is -0.138. The monoisotopic (exact) mass is 289 g/mol. The van der Waals surface area contributed by atoms with Crippen LogP contribution in [-0.4, -0.2) is 29.9 Å². The number of hydrogen-bond acceptors (Lipinski definition) is 3. The van der Waals surface area contributed by atoms with Gasteiger partial charge in [0.05, 0.1) is 5.92 Å². The van der Waals surface area contributed by atoms with Gasteiger partial charge in [-0.3, -0.25) is 9.59 Å². The Morgan fingerprint density at radius 2 is 1.95 bits per heavy atom. The molecule has 0 aromatic heterocycles. The molecule has 1 aromatic carbocycles. The van der Waals surface area contributed by atoms with Crippen LogP contribution in [0.2, 0.25) is 0 Å². The van der Waals surface area contributed by atoms with Crippen LogP contribution in [0, 0.1) is 11.3 Å². The van der Waals surface area contributed by atoms with Crippen molar-refractivity contribution in [2.24, 2.45) is 11.3 Å². The van der Waals surface area contributed by atoms with Gasteiger partial charge in [0.25, 0.3) is 0 Å². The van der Waals surface area contributed by atoms with Crippen LogP contribution < -0.4 is 5.32 Å². The Balaban J connectivity index is 2.03. The van der Waals surface area contributed by atoms with Crippen LogP contribution in [0.15, 0.2) is 30.3 Å². The van der Waals surface area contributed by atoms with Gasteiger partial charge in [0, 0.05) is 31.9 Å². The van der Waals surface area contributed by atoms with Crippen molar-refractivity contribution in [3.05, 3.63) is 35.9 Å². The normalized spacial score (nSPS) is 17.2. The van der Waals surface area contributed by atoms with Gasteiger partial charge in [0.15, 0.2) is 0 Å². The summed E-state index contributed by atoms with van der Waals surface area (Å²) in [6.45, 7) is 4.50. The Kier molecular flexibility index (Phi) is 4.78. The number of aliphatic hydroxyl groups is 1. The van der Waals surface area contributed by atoms with Crippen molar-refractivity contribution in [2.45, 2.75) is 32.6 Å². The predicted octanol–water partition coefficient (Wildman–Crippen LogP) is 1.88. The van der Waals surface area contributed by atoms with E-state index in [-0.39, 0.29) is 35.5 Å². The molecule has 2 N–H and O–H groups in total. The highest BCUT2D eigenvalue weighted by Gasteiger charge is 2.35. The van der Waals surface area contributed by atoms with Gasteiger partial charge in [-0.05, 0) is 11.0 Å². The van der Waals surface area contributed by atoms with Crippen molar-refractivity contribution >= 4 is 11.7 Å². The summed E-state index contributed by atoms with van der Waals surface area (Å²) < 4.78 is 0. The Labute approximate surface area is 125 Å². The van der Waals surface area contributed by atoms with Crippen LogP contribution in [0.3, 0.4) is 0 Å². The molecule has 114 valence electrons. The molecule has 0 radical (unpaired) electrons. The van der Waals surface area contributed by atoms with Gasteiger partial charge >= 0.3 is 0 Å². The van der Waals surface area contributed by atoms with Gasteiger partial charge in [0.1, 0.15) is 5.78 Å². The van der Waals surface area contributed by atoms with Gasteiger partial charge in [-0.1, -0.05) is 44.2 Å². The Morgan fingerprint density at radius 1 is 1.33 bits per heavy atom. The summed E-state index contributed by atoms with van der Waals surface area (Å²) in [5.74, 6) is -0.0238. The minimum Gasteiger partial charge on any atom is -0.396 e. The van der Waals surface area contributed by atoms with E-state index in [4.69, 9.17) is 0 Å². The number of rotatable bonds is 6. The lowest BCUT2D eigenvalue weighted by Crippen LogP contribution is -2.43. The molecule has 1 aliphatic rings. The van der Waals surface area contributed by atoms with E-state index in [9.17, 15) is 14.7 Å². The minimum absolute atomic E-state index is 0.0310. The lowest BCUT2D eigenvalue weighted by Gasteiger charge is -2.34. The van der Waals surface area contributed by atoms with Gasteiger partial charge < -0.3 is 10.4 Å². The van der Waals surface area contributed by atoms with Crippen molar-refractivity contribution in [3.8, 4) is 0 Å². The van der Waals surface area contributed by atoms with Gasteiger partial charge in [0.2, 0.25) is 5.91 Å².